The Hall–Kier alpha value is -1.06. The van der Waals surface area contributed by atoms with Crippen molar-refractivity contribution in [2.45, 2.75) is 65.3 Å². The van der Waals surface area contributed by atoms with E-state index < -0.39 is 11.4 Å². The number of carboxylic acid groups (broad SMARTS) is 1. The van der Waals surface area contributed by atoms with Crippen molar-refractivity contribution in [2.75, 3.05) is 0 Å². The van der Waals surface area contributed by atoms with Crippen LogP contribution in [0.3, 0.4) is 0 Å². The number of aliphatic carboxylic acids is 1. The van der Waals surface area contributed by atoms with Gasteiger partial charge < -0.3 is 10.4 Å². The van der Waals surface area contributed by atoms with E-state index in [2.05, 4.69) is 5.32 Å². The fourth-order valence-electron chi connectivity index (χ4n) is 2.54. The highest BCUT2D eigenvalue weighted by atomic mass is 16.4. The molecule has 4 nitrogen and oxygen atoms in total. The monoisotopic (exact) mass is 255 g/mol. The second-order valence-electron chi connectivity index (χ2n) is 5.82. The molecule has 1 fully saturated rings. The maximum atomic E-state index is 12.0. The highest BCUT2D eigenvalue weighted by Crippen LogP contribution is 2.28. The van der Waals surface area contributed by atoms with Crippen molar-refractivity contribution in [1.29, 1.82) is 0 Å². The van der Waals surface area contributed by atoms with Crippen LogP contribution in [0.15, 0.2) is 0 Å². The SMILES string of the molecule is CCC(NC(=O)C(C)(C)C(=O)O)C1CCCCC1. The van der Waals surface area contributed by atoms with Crippen molar-refractivity contribution >= 4 is 11.9 Å². The number of nitrogens with one attached hydrogen (secondary N) is 1. The van der Waals surface area contributed by atoms with Crippen molar-refractivity contribution in [3.8, 4) is 0 Å². The van der Waals surface area contributed by atoms with Crippen LogP contribution in [0.25, 0.3) is 0 Å². The van der Waals surface area contributed by atoms with Crippen LogP contribution in [0.4, 0.5) is 0 Å². The molecule has 0 aromatic heterocycles. The molecule has 0 saturated heterocycles. The molecule has 18 heavy (non-hydrogen) atoms. The molecule has 1 aliphatic rings. The zero-order chi connectivity index (χ0) is 13.8. The molecular weight excluding hydrogens is 230 g/mol. The van der Waals surface area contributed by atoms with E-state index in [1.807, 2.05) is 6.92 Å². The lowest BCUT2D eigenvalue weighted by molar-refractivity contribution is -0.153. The first-order valence-electron chi connectivity index (χ1n) is 6.94. The Morgan fingerprint density at radius 2 is 1.83 bits per heavy atom. The summed E-state index contributed by atoms with van der Waals surface area (Å²) in [5.74, 6) is -0.928. The van der Waals surface area contributed by atoms with E-state index in [0.717, 1.165) is 19.3 Å². The van der Waals surface area contributed by atoms with Gasteiger partial charge in [0, 0.05) is 6.04 Å². The zero-order valence-electron chi connectivity index (χ0n) is 11.7. The lowest BCUT2D eigenvalue weighted by atomic mass is 9.82. The van der Waals surface area contributed by atoms with Gasteiger partial charge in [-0.15, -0.1) is 0 Å². The number of amides is 1. The van der Waals surface area contributed by atoms with Gasteiger partial charge in [-0.1, -0.05) is 26.2 Å². The Balaban J connectivity index is 2.62. The minimum Gasteiger partial charge on any atom is -0.480 e. The van der Waals surface area contributed by atoms with Crippen molar-refractivity contribution < 1.29 is 14.7 Å². The van der Waals surface area contributed by atoms with Gasteiger partial charge in [-0.05, 0) is 39.0 Å². The van der Waals surface area contributed by atoms with Gasteiger partial charge in [-0.25, -0.2) is 0 Å². The van der Waals surface area contributed by atoms with Gasteiger partial charge in [-0.2, -0.15) is 0 Å². The summed E-state index contributed by atoms with van der Waals surface area (Å²) in [6.07, 6.45) is 6.88. The van der Waals surface area contributed by atoms with Crippen LogP contribution in [0.5, 0.6) is 0 Å². The molecule has 0 aromatic carbocycles. The maximum absolute atomic E-state index is 12.0. The van der Waals surface area contributed by atoms with E-state index in [-0.39, 0.29) is 11.9 Å². The van der Waals surface area contributed by atoms with E-state index >= 15 is 0 Å². The Bertz CT molecular complexity index is 306. The highest BCUT2D eigenvalue weighted by molar-refractivity contribution is 6.01. The quantitative estimate of drug-likeness (QED) is 0.742. The number of hydrogen-bond donors (Lipinski definition) is 2. The predicted molar refractivity (Wildman–Crippen MR) is 70.2 cm³/mol. The molecule has 1 atom stereocenters. The summed E-state index contributed by atoms with van der Waals surface area (Å²) < 4.78 is 0. The van der Waals surface area contributed by atoms with Crippen LogP contribution in [-0.4, -0.2) is 23.0 Å². The summed E-state index contributed by atoms with van der Waals surface area (Å²) in [5, 5.41) is 12.0. The zero-order valence-corrected chi connectivity index (χ0v) is 11.7. The topological polar surface area (TPSA) is 66.4 Å². The van der Waals surface area contributed by atoms with Crippen LogP contribution >= 0.6 is 0 Å². The van der Waals surface area contributed by atoms with Gasteiger partial charge in [0.05, 0.1) is 0 Å². The Labute approximate surface area is 109 Å². The predicted octanol–water partition coefficient (Wildman–Crippen LogP) is 2.57. The van der Waals surface area contributed by atoms with Crippen molar-refractivity contribution in [3.05, 3.63) is 0 Å². The van der Waals surface area contributed by atoms with E-state index in [9.17, 15) is 9.59 Å². The minimum absolute atomic E-state index is 0.122. The number of carboxylic acids is 1. The third-order valence-corrected chi connectivity index (χ3v) is 4.08. The Morgan fingerprint density at radius 1 is 1.28 bits per heavy atom. The lowest BCUT2D eigenvalue weighted by Gasteiger charge is -2.32. The fraction of sp³-hybridized carbons (Fsp3) is 0.857. The first-order valence-corrected chi connectivity index (χ1v) is 6.94. The van der Waals surface area contributed by atoms with Crippen LogP contribution in [0.2, 0.25) is 0 Å². The molecule has 0 bridgehead atoms. The average Bonchev–Trinajstić information content (AvgIpc) is 2.36. The summed E-state index contributed by atoms with van der Waals surface area (Å²) in [5.41, 5.74) is -1.35. The highest BCUT2D eigenvalue weighted by Gasteiger charge is 2.37. The molecule has 0 heterocycles. The van der Waals surface area contributed by atoms with Crippen LogP contribution in [0.1, 0.15) is 59.3 Å². The van der Waals surface area contributed by atoms with E-state index in [1.54, 1.807) is 0 Å². The third-order valence-electron chi connectivity index (χ3n) is 4.08. The fourth-order valence-corrected chi connectivity index (χ4v) is 2.54. The van der Waals surface area contributed by atoms with Gasteiger partial charge in [0.15, 0.2) is 0 Å². The lowest BCUT2D eigenvalue weighted by Crippen LogP contribution is -2.49. The first-order chi connectivity index (χ1) is 8.39. The molecule has 0 aromatic rings. The van der Waals surface area contributed by atoms with Crippen molar-refractivity contribution in [2.24, 2.45) is 11.3 Å². The normalized spacial score (nSPS) is 19.3. The molecule has 2 N–H and O–H groups in total. The second kappa shape index (κ2) is 6.21. The summed E-state index contributed by atoms with van der Waals surface area (Å²) in [6.45, 7) is 4.96. The second-order valence-corrected chi connectivity index (χ2v) is 5.82. The third kappa shape index (κ3) is 3.47. The summed E-state index contributed by atoms with van der Waals surface area (Å²) in [7, 11) is 0. The average molecular weight is 255 g/mol. The van der Waals surface area contributed by atoms with Gasteiger partial charge in [0.2, 0.25) is 5.91 Å². The molecule has 0 radical (unpaired) electrons. The molecule has 0 spiro atoms. The summed E-state index contributed by atoms with van der Waals surface area (Å²) in [6, 6.07) is 0.122. The molecule has 4 heteroatoms. The van der Waals surface area contributed by atoms with Crippen molar-refractivity contribution in [1.82, 2.24) is 5.32 Å². The molecule has 1 saturated carbocycles. The Morgan fingerprint density at radius 3 is 2.28 bits per heavy atom. The standard InChI is InChI=1S/C14H25NO3/c1-4-11(10-8-6-5-7-9-10)15-12(16)14(2,3)13(17)18/h10-11H,4-9H2,1-3H3,(H,15,16)(H,17,18). The number of rotatable bonds is 5. The molecule has 104 valence electrons. The van der Waals surface area contributed by atoms with Gasteiger partial charge in [-0.3, -0.25) is 9.59 Å². The van der Waals surface area contributed by atoms with Crippen LogP contribution < -0.4 is 5.32 Å². The van der Waals surface area contributed by atoms with Gasteiger partial charge in [0.1, 0.15) is 5.41 Å². The number of carbonyl (C=O) groups excluding carboxylic acids is 1. The van der Waals surface area contributed by atoms with E-state index in [1.165, 1.54) is 33.1 Å². The molecule has 0 aliphatic heterocycles. The molecule has 1 amide bonds. The maximum Gasteiger partial charge on any atom is 0.318 e. The molecule has 1 rings (SSSR count). The number of hydrogen-bond acceptors (Lipinski definition) is 2. The van der Waals surface area contributed by atoms with Gasteiger partial charge in [0.25, 0.3) is 0 Å². The summed E-state index contributed by atoms with van der Waals surface area (Å²) in [4.78, 5) is 23.1. The van der Waals surface area contributed by atoms with Crippen LogP contribution in [0, 0.1) is 11.3 Å². The van der Waals surface area contributed by atoms with E-state index in [4.69, 9.17) is 5.11 Å². The Kier molecular flexibility index (Phi) is 5.17. The number of carbonyl (C=O) groups is 2. The molecule has 1 aliphatic carbocycles. The van der Waals surface area contributed by atoms with Gasteiger partial charge >= 0.3 is 5.97 Å². The van der Waals surface area contributed by atoms with Crippen LogP contribution in [-0.2, 0) is 9.59 Å². The summed E-state index contributed by atoms with van der Waals surface area (Å²) >= 11 is 0. The first kappa shape index (κ1) is 15.0. The molecule has 1 unspecified atom stereocenters. The minimum atomic E-state index is -1.35. The molecular formula is C14H25NO3. The smallest absolute Gasteiger partial charge is 0.318 e. The van der Waals surface area contributed by atoms with Crippen molar-refractivity contribution in [3.63, 3.8) is 0 Å². The largest absolute Gasteiger partial charge is 0.480 e. The van der Waals surface area contributed by atoms with E-state index in [0.29, 0.717) is 5.92 Å².